The normalized spacial score (nSPS) is 11.8. The lowest BCUT2D eigenvalue weighted by Gasteiger charge is -2.18. The maximum absolute atomic E-state index is 5.97. The molecule has 0 radical (unpaired) electrons. The van der Waals surface area contributed by atoms with Gasteiger partial charge in [0, 0.05) is 17.1 Å². The summed E-state index contributed by atoms with van der Waals surface area (Å²) >= 11 is 3.53. The van der Waals surface area contributed by atoms with Crippen LogP contribution in [0.3, 0.4) is 0 Å². The first kappa shape index (κ1) is 12.7. The molecule has 15 heavy (non-hydrogen) atoms. The largest absolute Gasteiger partial charge is 0.380 e. The molecule has 0 aliphatic carbocycles. The lowest BCUT2D eigenvalue weighted by Crippen LogP contribution is -2.34. The summed E-state index contributed by atoms with van der Waals surface area (Å²) in [5.74, 6) is 0. The SMILES string of the molecule is COCc1ccc(CC(C)(C)N)cc1Br. The highest BCUT2D eigenvalue weighted by Gasteiger charge is 2.12. The molecule has 0 atom stereocenters. The number of hydrogen-bond acceptors (Lipinski definition) is 2. The van der Waals surface area contributed by atoms with Crippen molar-refractivity contribution in [3.05, 3.63) is 33.8 Å². The second-order valence-electron chi connectivity index (χ2n) is 4.52. The molecular weight excluding hydrogens is 254 g/mol. The average Bonchev–Trinajstić information content (AvgIpc) is 2.07. The highest BCUT2D eigenvalue weighted by molar-refractivity contribution is 9.10. The number of halogens is 1. The second kappa shape index (κ2) is 5.10. The summed E-state index contributed by atoms with van der Waals surface area (Å²) in [4.78, 5) is 0. The van der Waals surface area contributed by atoms with Gasteiger partial charge in [-0.05, 0) is 37.5 Å². The predicted molar refractivity (Wildman–Crippen MR) is 66.8 cm³/mol. The highest BCUT2D eigenvalue weighted by atomic mass is 79.9. The van der Waals surface area contributed by atoms with Crippen LogP contribution >= 0.6 is 15.9 Å². The molecule has 84 valence electrons. The molecule has 0 aliphatic rings. The van der Waals surface area contributed by atoms with E-state index in [1.54, 1.807) is 7.11 Å². The van der Waals surface area contributed by atoms with Crippen molar-refractivity contribution in [1.82, 2.24) is 0 Å². The van der Waals surface area contributed by atoms with Crippen LogP contribution in [0.1, 0.15) is 25.0 Å². The van der Waals surface area contributed by atoms with Gasteiger partial charge in [-0.25, -0.2) is 0 Å². The van der Waals surface area contributed by atoms with Gasteiger partial charge in [0.2, 0.25) is 0 Å². The minimum atomic E-state index is -0.164. The van der Waals surface area contributed by atoms with Gasteiger partial charge in [-0.1, -0.05) is 28.1 Å². The Kier molecular flexibility index (Phi) is 4.32. The fraction of sp³-hybridized carbons (Fsp3) is 0.500. The van der Waals surface area contributed by atoms with Crippen LogP contribution in [0, 0.1) is 0 Å². The van der Waals surface area contributed by atoms with Gasteiger partial charge in [0.05, 0.1) is 6.61 Å². The maximum Gasteiger partial charge on any atom is 0.0724 e. The molecular formula is C12H18BrNO. The predicted octanol–water partition coefficient (Wildman–Crippen LogP) is 2.88. The Morgan fingerprint density at radius 3 is 2.53 bits per heavy atom. The quantitative estimate of drug-likeness (QED) is 0.914. The summed E-state index contributed by atoms with van der Waals surface area (Å²) in [6.07, 6.45) is 0.874. The highest BCUT2D eigenvalue weighted by Crippen LogP contribution is 2.21. The van der Waals surface area contributed by atoms with Crippen LogP contribution in [0.15, 0.2) is 22.7 Å². The van der Waals surface area contributed by atoms with Crippen LogP contribution in [-0.4, -0.2) is 12.6 Å². The van der Waals surface area contributed by atoms with Crippen LogP contribution in [0.4, 0.5) is 0 Å². The fourth-order valence-electron chi connectivity index (χ4n) is 1.50. The molecule has 1 aromatic rings. The molecule has 0 aromatic heterocycles. The first-order chi connectivity index (χ1) is 6.92. The van der Waals surface area contributed by atoms with Crippen molar-refractivity contribution in [2.45, 2.75) is 32.4 Å². The second-order valence-corrected chi connectivity index (χ2v) is 5.38. The molecule has 0 spiro atoms. The van der Waals surface area contributed by atoms with Gasteiger partial charge in [-0.2, -0.15) is 0 Å². The summed E-state index contributed by atoms with van der Waals surface area (Å²) in [5, 5.41) is 0. The zero-order chi connectivity index (χ0) is 11.5. The standard InChI is InChI=1S/C12H18BrNO/c1-12(2,14)7-9-4-5-10(8-15-3)11(13)6-9/h4-6H,7-8,14H2,1-3H3. The zero-order valence-electron chi connectivity index (χ0n) is 9.51. The van der Waals surface area contributed by atoms with Gasteiger partial charge in [0.1, 0.15) is 0 Å². The van der Waals surface area contributed by atoms with Crippen molar-refractivity contribution < 1.29 is 4.74 Å². The fourth-order valence-corrected chi connectivity index (χ4v) is 2.04. The van der Waals surface area contributed by atoms with Crippen LogP contribution < -0.4 is 5.73 Å². The Morgan fingerprint density at radius 2 is 2.07 bits per heavy atom. The summed E-state index contributed by atoms with van der Waals surface area (Å²) in [6, 6.07) is 6.30. The van der Waals surface area contributed by atoms with Crippen molar-refractivity contribution in [2.24, 2.45) is 5.73 Å². The molecule has 1 aromatic carbocycles. The maximum atomic E-state index is 5.97. The molecule has 2 nitrogen and oxygen atoms in total. The number of benzene rings is 1. The van der Waals surface area contributed by atoms with E-state index in [2.05, 4.69) is 34.1 Å². The number of rotatable bonds is 4. The van der Waals surface area contributed by atoms with Crippen molar-refractivity contribution in [2.75, 3.05) is 7.11 Å². The van der Waals surface area contributed by atoms with Gasteiger partial charge in [0.25, 0.3) is 0 Å². The van der Waals surface area contributed by atoms with Gasteiger partial charge in [0.15, 0.2) is 0 Å². The molecule has 1 rings (SSSR count). The van der Waals surface area contributed by atoms with Crippen LogP contribution in [0.5, 0.6) is 0 Å². The molecule has 0 saturated carbocycles. The van der Waals surface area contributed by atoms with E-state index in [0.717, 1.165) is 16.5 Å². The Labute approximate surface area is 99.9 Å². The van der Waals surface area contributed by atoms with E-state index in [9.17, 15) is 0 Å². The third kappa shape index (κ3) is 4.33. The number of nitrogens with two attached hydrogens (primary N) is 1. The monoisotopic (exact) mass is 271 g/mol. The summed E-state index contributed by atoms with van der Waals surface area (Å²) < 4.78 is 6.18. The number of ether oxygens (including phenoxy) is 1. The van der Waals surface area contributed by atoms with Gasteiger partial charge in [-0.15, -0.1) is 0 Å². The summed E-state index contributed by atoms with van der Waals surface area (Å²) in [7, 11) is 1.70. The molecule has 2 N–H and O–H groups in total. The minimum absolute atomic E-state index is 0.164. The number of methoxy groups -OCH3 is 1. The summed E-state index contributed by atoms with van der Waals surface area (Å²) in [6.45, 7) is 4.70. The number of hydrogen-bond donors (Lipinski definition) is 1. The Morgan fingerprint density at radius 1 is 1.40 bits per heavy atom. The third-order valence-corrected chi connectivity index (χ3v) is 2.82. The third-order valence-electron chi connectivity index (χ3n) is 2.08. The average molecular weight is 272 g/mol. The lowest BCUT2D eigenvalue weighted by atomic mass is 9.96. The van der Waals surface area contributed by atoms with Crippen LogP contribution in [-0.2, 0) is 17.8 Å². The lowest BCUT2D eigenvalue weighted by molar-refractivity contribution is 0.184. The van der Waals surface area contributed by atoms with Crippen molar-refractivity contribution in [3.63, 3.8) is 0 Å². The van der Waals surface area contributed by atoms with Crippen molar-refractivity contribution in [3.8, 4) is 0 Å². The smallest absolute Gasteiger partial charge is 0.0724 e. The van der Waals surface area contributed by atoms with Gasteiger partial charge in [-0.3, -0.25) is 0 Å². The van der Waals surface area contributed by atoms with E-state index in [-0.39, 0.29) is 5.54 Å². The molecule has 0 aliphatic heterocycles. The first-order valence-corrected chi connectivity index (χ1v) is 5.77. The first-order valence-electron chi connectivity index (χ1n) is 4.97. The van der Waals surface area contributed by atoms with Crippen LogP contribution in [0.25, 0.3) is 0 Å². The summed E-state index contributed by atoms with van der Waals surface area (Å²) in [5.41, 5.74) is 8.22. The molecule has 0 saturated heterocycles. The Bertz CT molecular complexity index is 331. The molecule has 0 heterocycles. The van der Waals surface area contributed by atoms with E-state index < -0.39 is 0 Å². The van der Waals surface area contributed by atoms with Gasteiger partial charge < -0.3 is 10.5 Å². The zero-order valence-corrected chi connectivity index (χ0v) is 11.1. The van der Waals surface area contributed by atoms with Gasteiger partial charge >= 0.3 is 0 Å². The van der Waals surface area contributed by atoms with E-state index in [0.29, 0.717) is 6.61 Å². The van der Waals surface area contributed by atoms with Crippen LogP contribution in [0.2, 0.25) is 0 Å². The molecule has 3 heteroatoms. The Balaban J connectivity index is 2.82. The van der Waals surface area contributed by atoms with E-state index in [1.165, 1.54) is 5.56 Å². The van der Waals surface area contributed by atoms with Crippen molar-refractivity contribution >= 4 is 15.9 Å². The Hall–Kier alpha value is -0.380. The molecule has 0 amide bonds. The molecule has 0 bridgehead atoms. The minimum Gasteiger partial charge on any atom is -0.380 e. The topological polar surface area (TPSA) is 35.2 Å². The van der Waals surface area contributed by atoms with E-state index in [4.69, 9.17) is 10.5 Å². The van der Waals surface area contributed by atoms with E-state index in [1.807, 2.05) is 13.8 Å². The molecule has 0 fully saturated rings. The van der Waals surface area contributed by atoms with Crippen molar-refractivity contribution in [1.29, 1.82) is 0 Å². The molecule has 0 unspecified atom stereocenters. The van der Waals surface area contributed by atoms with E-state index >= 15 is 0 Å².